The molecule has 2 aromatic heterocycles. The molecule has 9 heteroatoms. The number of alkyl halides is 3. The molecule has 0 fully saturated rings. The fraction of sp³-hybridized carbons (Fsp3) is 0.222. The number of nitrogens with zero attached hydrogens (tertiary/aromatic N) is 4. The Kier molecular flexibility index (Phi) is 4.09. The van der Waals surface area contributed by atoms with Gasteiger partial charge in [0.05, 0.1) is 0 Å². The van der Waals surface area contributed by atoms with E-state index in [1.165, 1.54) is 12.4 Å². The molecule has 0 aliphatic carbocycles. The number of imidazole rings is 1. The van der Waals surface area contributed by atoms with E-state index in [1.54, 1.807) is 10.8 Å². The second kappa shape index (κ2) is 5.27. The van der Waals surface area contributed by atoms with Crippen LogP contribution in [-0.4, -0.2) is 19.1 Å². The van der Waals surface area contributed by atoms with Crippen LogP contribution in [0.3, 0.4) is 0 Å². The van der Waals surface area contributed by atoms with E-state index in [0.717, 1.165) is 3.63 Å². The van der Waals surface area contributed by atoms with E-state index in [-0.39, 0.29) is 0 Å². The first kappa shape index (κ1) is 14.0. The molecule has 0 bridgehead atoms. The molecular formula is C9H7AgF3IN4. The van der Waals surface area contributed by atoms with Crippen molar-refractivity contribution >= 4 is 19.0 Å². The quantitative estimate of drug-likeness (QED) is 0.482. The summed E-state index contributed by atoms with van der Waals surface area (Å²) >= 11 is 2.68. The number of hydrogen-bond acceptors (Lipinski definition) is 2. The van der Waals surface area contributed by atoms with Crippen LogP contribution < -0.4 is 0 Å². The van der Waals surface area contributed by atoms with E-state index < -0.39 is 12.0 Å². The molecular weight excluding hydrogens is 456 g/mol. The van der Waals surface area contributed by atoms with E-state index in [0.29, 0.717) is 21.2 Å². The molecule has 0 aromatic carbocycles. The van der Waals surface area contributed by atoms with Crippen molar-refractivity contribution in [3.8, 4) is 5.69 Å². The van der Waals surface area contributed by atoms with Gasteiger partial charge < -0.3 is 0 Å². The maximum atomic E-state index is 12.3. The Morgan fingerprint density at radius 3 is 2.33 bits per heavy atom. The molecule has 102 valence electrons. The van der Waals surface area contributed by atoms with Crippen LogP contribution in [0.2, 0.25) is 0 Å². The van der Waals surface area contributed by atoms with Crippen molar-refractivity contribution < 1.29 is 28.6 Å². The zero-order valence-corrected chi connectivity index (χ0v) is 12.6. The van der Waals surface area contributed by atoms with Crippen molar-refractivity contribution in [1.29, 1.82) is 0 Å². The van der Waals surface area contributed by atoms with E-state index in [1.807, 2.05) is 17.8 Å². The third-order valence-corrected chi connectivity index (χ3v) is 4.96. The second-order valence-electron chi connectivity index (χ2n) is 3.33. The number of halogens is 4. The van der Waals surface area contributed by atoms with Gasteiger partial charge in [-0.05, 0) is 0 Å². The molecule has 2 rings (SSSR count). The summed E-state index contributed by atoms with van der Waals surface area (Å²) in [6.07, 6.45) is 1.45. The van der Waals surface area contributed by atoms with Gasteiger partial charge in [-0.1, -0.05) is 0 Å². The minimum absolute atomic E-state index is 0.463. The van der Waals surface area contributed by atoms with Crippen molar-refractivity contribution in [1.82, 2.24) is 19.1 Å². The van der Waals surface area contributed by atoms with Gasteiger partial charge in [0.25, 0.3) is 0 Å². The Bertz CT molecular complexity index is 614. The molecule has 0 aliphatic heterocycles. The van der Waals surface area contributed by atoms with Gasteiger partial charge >= 0.3 is 120 Å². The number of hydrogen-bond donors (Lipinski definition) is 0. The van der Waals surface area contributed by atoms with E-state index in [9.17, 15) is 13.2 Å². The topological polar surface area (TPSA) is 35.6 Å². The molecule has 2 heterocycles. The molecule has 0 saturated heterocycles. The van der Waals surface area contributed by atoms with Gasteiger partial charge in [0.1, 0.15) is 0 Å². The first-order chi connectivity index (χ1) is 8.43. The molecule has 0 spiro atoms. The van der Waals surface area contributed by atoms with Crippen LogP contribution in [0.25, 0.3) is 5.69 Å². The van der Waals surface area contributed by atoms with Crippen LogP contribution in [0.1, 0.15) is 5.82 Å². The normalized spacial score (nSPS) is 13.9. The van der Waals surface area contributed by atoms with Gasteiger partial charge in [-0.25, -0.2) is 0 Å². The van der Waals surface area contributed by atoms with Gasteiger partial charge in [0, 0.05) is 0 Å². The molecule has 0 radical (unpaired) electrons. The fourth-order valence-corrected chi connectivity index (χ4v) is 4.32. The van der Waals surface area contributed by atoms with Crippen LogP contribution in [0.4, 0.5) is 13.2 Å². The predicted octanol–water partition coefficient (Wildman–Crippen LogP) is 2.59. The number of aryl methyl sites for hydroxylation is 1. The zero-order valence-electron chi connectivity index (χ0n) is 8.91. The standard InChI is InChI=1S/C9H7F3N4.Ag.HI/c1-15-2-3-16(6-15)7-4-13-8(14-5-7)9(10,11)12;;/h2-5H,1H3;;1H/q;+1;/p-1. The van der Waals surface area contributed by atoms with Crippen molar-refractivity contribution in [2.24, 2.45) is 7.05 Å². The molecule has 0 amide bonds. The fourth-order valence-electron chi connectivity index (χ4n) is 1.29. The summed E-state index contributed by atoms with van der Waals surface area (Å²) in [6, 6.07) is 0. The Hall–Kier alpha value is -0.450. The molecule has 0 N–H and O–H groups in total. The van der Waals surface area contributed by atoms with Gasteiger partial charge in [0.15, 0.2) is 0 Å². The Morgan fingerprint density at radius 2 is 1.83 bits per heavy atom. The van der Waals surface area contributed by atoms with E-state index >= 15 is 0 Å². The third-order valence-electron chi connectivity index (χ3n) is 2.10. The second-order valence-corrected chi connectivity index (χ2v) is 6.20. The first-order valence-electron chi connectivity index (χ1n) is 4.59. The zero-order chi connectivity index (χ0) is 13.3. The molecule has 0 unspecified atom stereocenters. The average molecular weight is 463 g/mol. The summed E-state index contributed by atoms with van der Waals surface area (Å²) in [6.45, 7) is 0. The van der Waals surface area contributed by atoms with Crippen LogP contribution in [0.5, 0.6) is 0 Å². The molecule has 0 atom stereocenters. The molecule has 0 aliphatic rings. The summed E-state index contributed by atoms with van der Waals surface area (Å²) in [7, 11) is 1.88. The van der Waals surface area contributed by atoms with Crippen molar-refractivity contribution in [3.05, 3.63) is 34.2 Å². The Balaban J connectivity index is 2.47. The van der Waals surface area contributed by atoms with Crippen molar-refractivity contribution in [2.75, 3.05) is 0 Å². The van der Waals surface area contributed by atoms with E-state index in [2.05, 4.69) is 29.0 Å². The van der Waals surface area contributed by atoms with Crippen LogP contribution in [0, 0.1) is 3.63 Å². The van der Waals surface area contributed by atoms with Gasteiger partial charge in [-0.15, -0.1) is 0 Å². The van der Waals surface area contributed by atoms with E-state index in [4.69, 9.17) is 0 Å². The van der Waals surface area contributed by atoms with Crippen molar-refractivity contribution in [2.45, 2.75) is 6.18 Å². The molecule has 18 heavy (non-hydrogen) atoms. The van der Waals surface area contributed by atoms with Gasteiger partial charge in [0.2, 0.25) is 0 Å². The summed E-state index contributed by atoms with van der Waals surface area (Å²) in [5.74, 6) is -1.12. The molecule has 2 aromatic rings. The third kappa shape index (κ3) is 2.76. The Labute approximate surface area is 119 Å². The minimum atomic E-state index is -4.51. The summed E-state index contributed by atoms with van der Waals surface area (Å²) < 4.78 is 41.7. The van der Waals surface area contributed by atoms with Gasteiger partial charge in [-0.2, -0.15) is 0 Å². The SMILES string of the molecule is Cn1ccn(-c2cnc(C(F)(F)F)nc2)[c]1=[Ag][I]. The average Bonchev–Trinajstić information content (AvgIpc) is 2.69. The monoisotopic (exact) mass is 462 g/mol. The summed E-state index contributed by atoms with van der Waals surface area (Å²) in [5.41, 5.74) is 0.517. The predicted molar refractivity (Wildman–Crippen MR) is 62.6 cm³/mol. The van der Waals surface area contributed by atoms with Crippen molar-refractivity contribution in [3.63, 3.8) is 0 Å². The first-order valence-corrected chi connectivity index (χ1v) is 9.74. The summed E-state index contributed by atoms with van der Waals surface area (Å²) in [4.78, 5) is 6.69. The molecule has 0 saturated carbocycles. The number of rotatable bonds is 1. The maximum absolute atomic E-state index is 12.3. The Morgan fingerprint density at radius 1 is 1.22 bits per heavy atom. The summed E-state index contributed by atoms with van der Waals surface area (Å²) in [5, 5.41) is 0. The van der Waals surface area contributed by atoms with Crippen LogP contribution >= 0.6 is 19.0 Å². The van der Waals surface area contributed by atoms with Gasteiger partial charge in [-0.3, -0.25) is 0 Å². The van der Waals surface area contributed by atoms with Crippen LogP contribution in [-0.2, 0) is 28.7 Å². The van der Waals surface area contributed by atoms with Crippen LogP contribution in [0.15, 0.2) is 24.8 Å². The number of aromatic nitrogens is 4. The molecule has 4 nitrogen and oxygen atoms in total.